The largest absolute Gasteiger partial charge is 0.382 e. The minimum Gasteiger partial charge on any atom is -0.382 e. The van der Waals surface area contributed by atoms with Gasteiger partial charge in [-0.3, -0.25) is 9.69 Å². The Hall–Kier alpha value is -1.66. The van der Waals surface area contributed by atoms with Gasteiger partial charge in [-0.2, -0.15) is 5.10 Å². The van der Waals surface area contributed by atoms with Crippen molar-refractivity contribution < 1.29 is 0 Å². The summed E-state index contributed by atoms with van der Waals surface area (Å²) in [5.41, 5.74) is 3.37. The molecule has 0 saturated carbocycles. The second-order valence-electron chi connectivity index (χ2n) is 6.89. The molecule has 2 heterocycles. The van der Waals surface area contributed by atoms with Gasteiger partial charge in [-0.25, -0.2) is 4.68 Å². The van der Waals surface area contributed by atoms with Crippen molar-refractivity contribution in [2.75, 3.05) is 25.0 Å². The van der Waals surface area contributed by atoms with Crippen LogP contribution in [0.3, 0.4) is 0 Å². The Bertz CT molecular complexity index is 764. The van der Waals surface area contributed by atoms with Crippen molar-refractivity contribution in [2.24, 2.45) is 13.0 Å². The second kappa shape index (κ2) is 8.15. The van der Waals surface area contributed by atoms with Crippen LogP contribution >= 0.6 is 15.9 Å². The number of halogens is 1. The summed E-state index contributed by atoms with van der Waals surface area (Å²) in [7, 11) is 1.65. The number of nitrogens with zero attached hydrogens (tertiary/aromatic N) is 3. The third kappa shape index (κ3) is 4.70. The van der Waals surface area contributed by atoms with Crippen LogP contribution in [0, 0.1) is 12.8 Å². The number of hydrogen-bond acceptors (Lipinski definition) is 4. The average Bonchev–Trinajstić information content (AvgIpc) is 2.62. The number of piperidine rings is 1. The Kier molecular flexibility index (Phi) is 5.91. The van der Waals surface area contributed by atoms with Crippen LogP contribution in [0.25, 0.3) is 0 Å². The molecule has 0 spiro atoms. The molecular weight excluding hydrogens is 380 g/mol. The van der Waals surface area contributed by atoms with Crippen LogP contribution < -0.4 is 10.9 Å². The quantitative estimate of drug-likeness (QED) is 0.831. The van der Waals surface area contributed by atoms with E-state index in [0.717, 1.165) is 31.9 Å². The average molecular weight is 405 g/mol. The zero-order valence-corrected chi connectivity index (χ0v) is 16.4. The lowest BCUT2D eigenvalue weighted by Crippen LogP contribution is -2.35. The highest BCUT2D eigenvalue weighted by molar-refractivity contribution is 9.10. The number of aromatic nitrogens is 2. The van der Waals surface area contributed by atoms with Gasteiger partial charge in [0, 0.05) is 20.1 Å². The molecule has 3 rings (SSSR count). The Morgan fingerprint density at radius 1 is 1.24 bits per heavy atom. The van der Waals surface area contributed by atoms with Gasteiger partial charge in [-0.05, 0) is 60.3 Å². The van der Waals surface area contributed by atoms with E-state index in [1.54, 1.807) is 13.2 Å². The maximum absolute atomic E-state index is 11.9. The standard InChI is InChI=1S/C19H25BrN4O/c1-14-3-5-16(6-4-14)13-24-9-7-15(8-10-24)11-21-17-12-22-23(2)19(25)18(17)20/h3-6,12,15,21H,7-11,13H2,1-2H3. The highest BCUT2D eigenvalue weighted by Crippen LogP contribution is 2.22. The van der Waals surface area contributed by atoms with Gasteiger partial charge in [0.25, 0.3) is 5.56 Å². The number of aryl methyl sites for hydroxylation is 2. The predicted octanol–water partition coefficient (Wildman–Crippen LogP) is 3.18. The van der Waals surface area contributed by atoms with Crippen molar-refractivity contribution in [2.45, 2.75) is 26.3 Å². The van der Waals surface area contributed by atoms with Crippen molar-refractivity contribution in [1.29, 1.82) is 0 Å². The monoisotopic (exact) mass is 404 g/mol. The van der Waals surface area contributed by atoms with Crippen LogP contribution in [0.15, 0.2) is 39.7 Å². The lowest BCUT2D eigenvalue weighted by Gasteiger charge is -2.32. The SMILES string of the molecule is Cc1ccc(CN2CCC(CNc3cnn(C)c(=O)c3Br)CC2)cc1. The van der Waals surface area contributed by atoms with E-state index in [0.29, 0.717) is 10.4 Å². The lowest BCUT2D eigenvalue weighted by atomic mass is 9.96. The molecule has 2 aromatic rings. The first-order chi connectivity index (χ1) is 12.0. The molecule has 0 radical (unpaired) electrons. The number of likely N-dealkylation sites (tertiary alicyclic amines) is 1. The summed E-state index contributed by atoms with van der Waals surface area (Å²) in [5.74, 6) is 0.630. The lowest BCUT2D eigenvalue weighted by molar-refractivity contribution is 0.182. The summed E-state index contributed by atoms with van der Waals surface area (Å²) in [6, 6.07) is 8.82. The Morgan fingerprint density at radius 2 is 1.92 bits per heavy atom. The zero-order chi connectivity index (χ0) is 17.8. The van der Waals surface area contributed by atoms with Crippen LogP contribution in [0.4, 0.5) is 5.69 Å². The molecular formula is C19H25BrN4O. The van der Waals surface area contributed by atoms with E-state index in [1.165, 1.54) is 28.7 Å². The van der Waals surface area contributed by atoms with Crippen molar-refractivity contribution in [1.82, 2.24) is 14.7 Å². The van der Waals surface area contributed by atoms with Gasteiger partial charge in [0.1, 0.15) is 4.47 Å². The third-order valence-corrected chi connectivity index (χ3v) is 5.66. The van der Waals surface area contributed by atoms with Crippen LogP contribution in [0.2, 0.25) is 0 Å². The summed E-state index contributed by atoms with van der Waals surface area (Å²) >= 11 is 3.36. The molecule has 1 aromatic carbocycles. The smallest absolute Gasteiger partial charge is 0.282 e. The van der Waals surface area contributed by atoms with E-state index in [4.69, 9.17) is 0 Å². The van der Waals surface area contributed by atoms with E-state index in [1.807, 2.05) is 0 Å². The normalized spacial score (nSPS) is 16.1. The molecule has 1 fully saturated rings. The van der Waals surface area contributed by atoms with E-state index < -0.39 is 0 Å². The van der Waals surface area contributed by atoms with Gasteiger partial charge >= 0.3 is 0 Å². The van der Waals surface area contributed by atoms with E-state index >= 15 is 0 Å². The van der Waals surface area contributed by atoms with Crippen LogP contribution in [0.1, 0.15) is 24.0 Å². The molecule has 25 heavy (non-hydrogen) atoms. The number of rotatable bonds is 5. The van der Waals surface area contributed by atoms with Gasteiger partial charge < -0.3 is 5.32 Å². The van der Waals surface area contributed by atoms with E-state index in [2.05, 4.69) is 62.4 Å². The Labute approximate surface area is 157 Å². The first-order valence-electron chi connectivity index (χ1n) is 8.76. The summed E-state index contributed by atoms with van der Waals surface area (Å²) in [6.45, 7) is 6.28. The molecule has 1 aromatic heterocycles. The summed E-state index contributed by atoms with van der Waals surface area (Å²) in [4.78, 5) is 14.4. The molecule has 1 N–H and O–H groups in total. The van der Waals surface area contributed by atoms with Gasteiger partial charge in [-0.1, -0.05) is 29.8 Å². The summed E-state index contributed by atoms with van der Waals surface area (Å²) < 4.78 is 1.89. The first kappa shape index (κ1) is 18.1. The topological polar surface area (TPSA) is 50.2 Å². The van der Waals surface area contributed by atoms with Crippen LogP contribution in [-0.4, -0.2) is 34.3 Å². The minimum absolute atomic E-state index is 0.113. The Balaban J connectivity index is 1.47. The minimum atomic E-state index is -0.113. The van der Waals surface area contributed by atoms with Crippen molar-refractivity contribution >= 4 is 21.6 Å². The van der Waals surface area contributed by atoms with E-state index in [9.17, 15) is 4.79 Å². The molecule has 0 bridgehead atoms. The predicted molar refractivity (Wildman–Crippen MR) is 105 cm³/mol. The molecule has 134 valence electrons. The Morgan fingerprint density at radius 3 is 2.60 bits per heavy atom. The van der Waals surface area contributed by atoms with Crippen molar-refractivity contribution in [3.63, 3.8) is 0 Å². The van der Waals surface area contributed by atoms with E-state index in [-0.39, 0.29) is 5.56 Å². The van der Waals surface area contributed by atoms with Gasteiger partial charge in [0.15, 0.2) is 0 Å². The fourth-order valence-corrected chi connectivity index (χ4v) is 3.69. The fourth-order valence-electron chi connectivity index (χ4n) is 3.19. The van der Waals surface area contributed by atoms with Gasteiger partial charge in [0.05, 0.1) is 11.9 Å². The molecule has 1 aliphatic rings. The number of anilines is 1. The first-order valence-corrected chi connectivity index (χ1v) is 9.56. The maximum Gasteiger partial charge on any atom is 0.282 e. The molecule has 0 amide bonds. The number of benzene rings is 1. The van der Waals surface area contributed by atoms with Crippen LogP contribution in [-0.2, 0) is 13.6 Å². The van der Waals surface area contributed by atoms with Crippen molar-refractivity contribution in [3.05, 3.63) is 56.4 Å². The molecule has 5 nitrogen and oxygen atoms in total. The number of hydrogen-bond donors (Lipinski definition) is 1. The van der Waals surface area contributed by atoms with Crippen LogP contribution in [0.5, 0.6) is 0 Å². The second-order valence-corrected chi connectivity index (χ2v) is 7.68. The van der Waals surface area contributed by atoms with Crippen molar-refractivity contribution in [3.8, 4) is 0 Å². The molecule has 6 heteroatoms. The molecule has 0 aliphatic carbocycles. The molecule has 1 aliphatic heterocycles. The maximum atomic E-state index is 11.9. The highest BCUT2D eigenvalue weighted by Gasteiger charge is 2.19. The molecule has 0 unspecified atom stereocenters. The molecule has 0 atom stereocenters. The fraction of sp³-hybridized carbons (Fsp3) is 0.474. The zero-order valence-electron chi connectivity index (χ0n) is 14.8. The number of nitrogens with one attached hydrogen (secondary N) is 1. The highest BCUT2D eigenvalue weighted by atomic mass is 79.9. The third-order valence-electron chi connectivity index (χ3n) is 4.89. The van der Waals surface area contributed by atoms with Gasteiger partial charge in [-0.15, -0.1) is 0 Å². The van der Waals surface area contributed by atoms with Gasteiger partial charge in [0.2, 0.25) is 0 Å². The summed E-state index contributed by atoms with van der Waals surface area (Å²) in [5, 5.41) is 7.45. The summed E-state index contributed by atoms with van der Waals surface area (Å²) in [6.07, 6.45) is 4.06. The molecule has 1 saturated heterocycles.